The lowest BCUT2D eigenvalue weighted by molar-refractivity contribution is -0.136. The van der Waals surface area contributed by atoms with Gasteiger partial charge in [0.05, 0.1) is 7.11 Å². The minimum atomic E-state index is -0.763. The van der Waals surface area contributed by atoms with E-state index in [4.69, 9.17) is 4.74 Å². The minimum Gasteiger partial charge on any atom is -0.497 e. The molecule has 0 atom stereocenters. The molecule has 6 heteroatoms. The summed E-state index contributed by atoms with van der Waals surface area (Å²) in [6.45, 7) is 6.77. The number of nitrogens with zero attached hydrogens (tertiary/aromatic N) is 1. The SMILES string of the molecule is COc1ccc(NC(=O)C(=O)NN=C2CCC(C(C)(C)C)CC2)cc1. The summed E-state index contributed by atoms with van der Waals surface area (Å²) in [4.78, 5) is 23.8. The lowest BCUT2D eigenvalue weighted by Crippen LogP contribution is -2.33. The molecule has 0 unspecified atom stereocenters. The van der Waals surface area contributed by atoms with Crippen LogP contribution in [0, 0.1) is 11.3 Å². The van der Waals surface area contributed by atoms with E-state index in [1.165, 1.54) is 0 Å². The van der Waals surface area contributed by atoms with Gasteiger partial charge < -0.3 is 10.1 Å². The van der Waals surface area contributed by atoms with Crippen LogP contribution >= 0.6 is 0 Å². The molecular weight excluding hydrogens is 318 g/mol. The zero-order valence-electron chi connectivity index (χ0n) is 15.4. The number of ether oxygens (including phenoxy) is 1. The first-order valence-corrected chi connectivity index (χ1v) is 8.60. The van der Waals surface area contributed by atoms with E-state index in [0.717, 1.165) is 31.4 Å². The standard InChI is InChI=1S/C19H27N3O3/c1-19(2,3)13-5-7-15(8-6-13)21-22-18(24)17(23)20-14-9-11-16(25-4)12-10-14/h9-13H,5-8H2,1-4H3,(H,20,23)(H,22,24). The number of hydrogen-bond acceptors (Lipinski definition) is 4. The van der Waals surface area contributed by atoms with Crippen molar-refractivity contribution >= 4 is 23.2 Å². The van der Waals surface area contributed by atoms with Gasteiger partial charge >= 0.3 is 11.8 Å². The van der Waals surface area contributed by atoms with Gasteiger partial charge in [-0.2, -0.15) is 5.10 Å². The zero-order valence-corrected chi connectivity index (χ0v) is 15.4. The fraction of sp³-hybridized carbons (Fsp3) is 0.526. The Kier molecular flexibility index (Phi) is 6.17. The van der Waals surface area contributed by atoms with Crippen molar-refractivity contribution in [1.29, 1.82) is 0 Å². The summed E-state index contributed by atoms with van der Waals surface area (Å²) < 4.78 is 5.05. The molecule has 1 aromatic carbocycles. The largest absolute Gasteiger partial charge is 0.497 e. The molecular formula is C19H27N3O3. The molecule has 1 aliphatic rings. The predicted molar refractivity (Wildman–Crippen MR) is 98.6 cm³/mol. The molecule has 1 aromatic rings. The number of nitrogens with one attached hydrogen (secondary N) is 2. The average Bonchev–Trinajstić information content (AvgIpc) is 2.60. The summed E-state index contributed by atoms with van der Waals surface area (Å²) in [5.74, 6) is -0.153. The van der Waals surface area contributed by atoms with Gasteiger partial charge in [-0.15, -0.1) is 0 Å². The lowest BCUT2D eigenvalue weighted by Gasteiger charge is -2.34. The molecule has 0 aromatic heterocycles. The highest BCUT2D eigenvalue weighted by Gasteiger charge is 2.28. The van der Waals surface area contributed by atoms with E-state index in [2.05, 4.69) is 36.6 Å². The van der Waals surface area contributed by atoms with Crippen molar-refractivity contribution in [1.82, 2.24) is 5.43 Å². The van der Waals surface area contributed by atoms with Crippen LogP contribution in [0.4, 0.5) is 5.69 Å². The van der Waals surface area contributed by atoms with Gasteiger partial charge in [0.25, 0.3) is 0 Å². The van der Waals surface area contributed by atoms with E-state index in [1.54, 1.807) is 31.4 Å². The Labute approximate surface area is 149 Å². The Bertz CT molecular complexity index is 635. The molecule has 6 nitrogen and oxygen atoms in total. The number of amides is 2. The van der Waals surface area contributed by atoms with Crippen LogP contribution in [0.15, 0.2) is 29.4 Å². The van der Waals surface area contributed by atoms with Crippen molar-refractivity contribution in [3.05, 3.63) is 24.3 Å². The molecule has 0 bridgehead atoms. The third-order valence-electron chi connectivity index (χ3n) is 4.66. The van der Waals surface area contributed by atoms with Crippen LogP contribution in [0.1, 0.15) is 46.5 Å². The molecule has 25 heavy (non-hydrogen) atoms. The molecule has 0 saturated heterocycles. The molecule has 0 aliphatic heterocycles. The topological polar surface area (TPSA) is 79.8 Å². The fourth-order valence-electron chi connectivity index (χ4n) is 2.97. The second-order valence-corrected chi connectivity index (χ2v) is 7.44. The quantitative estimate of drug-likeness (QED) is 0.651. The van der Waals surface area contributed by atoms with Gasteiger partial charge in [-0.3, -0.25) is 9.59 Å². The molecule has 0 radical (unpaired) electrons. The third kappa shape index (κ3) is 5.59. The van der Waals surface area contributed by atoms with Crippen LogP contribution in [0.2, 0.25) is 0 Å². The first-order chi connectivity index (χ1) is 11.8. The van der Waals surface area contributed by atoms with Crippen LogP contribution in [0.5, 0.6) is 5.75 Å². The molecule has 0 spiro atoms. The van der Waals surface area contributed by atoms with Crippen molar-refractivity contribution in [2.24, 2.45) is 16.4 Å². The Hall–Kier alpha value is -2.37. The first kappa shape index (κ1) is 19.0. The summed E-state index contributed by atoms with van der Waals surface area (Å²) in [6.07, 6.45) is 3.86. The van der Waals surface area contributed by atoms with Crippen LogP contribution in [-0.2, 0) is 9.59 Å². The van der Waals surface area contributed by atoms with Gasteiger partial charge in [0, 0.05) is 11.4 Å². The summed E-state index contributed by atoms with van der Waals surface area (Å²) in [5.41, 5.74) is 4.14. The Morgan fingerprint density at radius 2 is 1.68 bits per heavy atom. The van der Waals surface area contributed by atoms with Crippen molar-refractivity contribution in [2.45, 2.75) is 46.5 Å². The molecule has 1 saturated carbocycles. The van der Waals surface area contributed by atoms with E-state index < -0.39 is 11.8 Å². The average molecular weight is 345 g/mol. The number of rotatable bonds is 3. The maximum Gasteiger partial charge on any atom is 0.329 e. The highest BCUT2D eigenvalue weighted by Crippen LogP contribution is 2.36. The van der Waals surface area contributed by atoms with Crippen LogP contribution in [0.25, 0.3) is 0 Å². The van der Waals surface area contributed by atoms with E-state index >= 15 is 0 Å². The van der Waals surface area contributed by atoms with Gasteiger partial charge in [-0.05, 0) is 61.3 Å². The summed E-state index contributed by atoms with van der Waals surface area (Å²) >= 11 is 0. The van der Waals surface area contributed by atoms with E-state index in [9.17, 15) is 9.59 Å². The van der Waals surface area contributed by atoms with Crippen molar-refractivity contribution in [3.8, 4) is 5.75 Å². The van der Waals surface area contributed by atoms with Gasteiger partial charge in [-0.1, -0.05) is 20.8 Å². The number of carbonyl (C=O) groups is 2. The smallest absolute Gasteiger partial charge is 0.329 e. The summed E-state index contributed by atoms with van der Waals surface area (Å²) in [7, 11) is 1.56. The third-order valence-corrected chi connectivity index (χ3v) is 4.66. The number of anilines is 1. The van der Waals surface area contributed by atoms with Gasteiger partial charge in [0.1, 0.15) is 5.75 Å². The second kappa shape index (κ2) is 8.14. The zero-order chi connectivity index (χ0) is 18.4. The van der Waals surface area contributed by atoms with Crippen molar-refractivity contribution < 1.29 is 14.3 Å². The molecule has 2 amide bonds. The molecule has 136 valence electrons. The van der Waals surface area contributed by atoms with Gasteiger partial charge in [0.15, 0.2) is 0 Å². The maximum absolute atomic E-state index is 11.9. The monoisotopic (exact) mass is 345 g/mol. The summed E-state index contributed by atoms with van der Waals surface area (Å²) in [6, 6.07) is 6.76. The van der Waals surface area contributed by atoms with Gasteiger partial charge in [0.2, 0.25) is 0 Å². The Morgan fingerprint density at radius 1 is 1.08 bits per heavy atom. The number of methoxy groups -OCH3 is 1. The molecule has 1 aliphatic carbocycles. The number of hydrogen-bond donors (Lipinski definition) is 2. The van der Waals surface area contributed by atoms with E-state index in [0.29, 0.717) is 22.8 Å². The first-order valence-electron chi connectivity index (χ1n) is 8.60. The van der Waals surface area contributed by atoms with E-state index in [1.807, 2.05) is 0 Å². The minimum absolute atomic E-state index is 0.299. The summed E-state index contributed by atoms with van der Waals surface area (Å²) in [5, 5.41) is 6.66. The van der Waals surface area contributed by atoms with Crippen molar-refractivity contribution in [2.75, 3.05) is 12.4 Å². The second-order valence-electron chi connectivity index (χ2n) is 7.44. The predicted octanol–water partition coefficient (Wildman–Crippen LogP) is 3.34. The maximum atomic E-state index is 11.9. The van der Waals surface area contributed by atoms with Crippen LogP contribution in [0.3, 0.4) is 0 Å². The molecule has 0 heterocycles. The Balaban J connectivity index is 1.82. The number of hydrazone groups is 1. The number of carbonyl (C=O) groups excluding carboxylic acids is 2. The van der Waals surface area contributed by atoms with Crippen LogP contribution < -0.4 is 15.5 Å². The van der Waals surface area contributed by atoms with Gasteiger partial charge in [-0.25, -0.2) is 5.43 Å². The fourth-order valence-corrected chi connectivity index (χ4v) is 2.97. The van der Waals surface area contributed by atoms with Crippen LogP contribution in [-0.4, -0.2) is 24.6 Å². The highest BCUT2D eigenvalue weighted by molar-refractivity contribution is 6.39. The number of benzene rings is 1. The van der Waals surface area contributed by atoms with Crippen molar-refractivity contribution in [3.63, 3.8) is 0 Å². The molecule has 2 rings (SSSR count). The van der Waals surface area contributed by atoms with E-state index in [-0.39, 0.29) is 0 Å². The molecule has 1 fully saturated rings. The highest BCUT2D eigenvalue weighted by atomic mass is 16.5. The molecule has 2 N–H and O–H groups in total. The lowest BCUT2D eigenvalue weighted by atomic mass is 9.72. The normalized spacial score (nSPS) is 17.6. The Morgan fingerprint density at radius 3 is 2.20 bits per heavy atom.